The summed E-state index contributed by atoms with van der Waals surface area (Å²) in [6.45, 7) is 4.27. The maximum absolute atomic E-state index is 13.1. The smallest absolute Gasteiger partial charge is 0.233 e. The van der Waals surface area contributed by atoms with Gasteiger partial charge in [-0.1, -0.05) is 23.9 Å². The number of aromatic nitrogens is 4. The molecule has 0 unspecified atom stereocenters. The van der Waals surface area contributed by atoms with Crippen molar-refractivity contribution in [1.82, 2.24) is 24.6 Å². The highest BCUT2D eigenvalue weighted by Crippen LogP contribution is 2.33. The van der Waals surface area contributed by atoms with Crippen LogP contribution < -0.4 is 4.74 Å². The first-order chi connectivity index (χ1) is 15.1. The third-order valence-corrected chi connectivity index (χ3v) is 6.62. The summed E-state index contributed by atoms with van der Waals surface area (Å²) in [6.07, 6.45) is 6.75. The summed E-state index contributed by atoms with van der Waals surface area (Å²) in [5, 5.41) is 9.53. The van der Waals surface area contributed by atoms with Crippen molar-refractivity contribution in [2.45, 2.75) is 50.4 Å². The summed E-state index contributed by atoms with van der Waals surface area (Å²) >= 11 is 1.41. The summed E-state index contributed by atoms with van der Waals surface area (Å²) in [6, 6.07) is 12.1. The first kappa shape index (κ1) is 21.4. The van der Waals surface area contributed by atoms with E-state index in [4.69, 9.17) is 4.74 Å². The number of pyridine rings is 1. The molecule has 1 aromatic carbocycles. The molecule has 1 fully saturated rings. The summed E-state index contributed by atoms with van der Waals surface area (Å²) in [4.78, 5) is 19.2. The summed E-state index contributed by atoms with van der Waals surface area (Å²) < 4.78 is 7.54. The Morgan fingerprint density at radius 1 is 1.10 bits per heavy atom. The molecule has 7 nitrogen and oxygen atoms in total. The van der Waals surface area contributed by atoms with Crippen LogP contribution in [0.25, 0.3) is 17.1 Å². The maximum Gasteiger partial charge on any atom is 0.233 e. The number of nitrogens with zero attached hydrogens (tertiary/aromatic N) is 5. The third kappa shape index (κ3) is 4.44. The quantitative estimate of drug-likeness (QED) is 0.538. The number of amides is 1. The molecule has 2 aromatic heterocycles. The zero-order valence-electron chi connectivity index (χ0n) is 18.1. The highest BCUT2D eigenvalue weighted by Gasteiger charge is 2.29. The Bertz CT molecular complexity index is 1030. The standard InChI is InChI=1S/C23H27N5O2S/c1-16-7-6-8-17(2)27(16)21(29)15-31-23-26-25-22(18-11-13-24-14-12-18)28(23)19-9-4-5-10-20(19)30-3/h4-5,9-14,16-17H,6-8,15H2,1-3H3/t16-,17-/m1/s1. The number of rotatable bonds is 6. The first-order valence-corrected chi connectivity index (χ1v) is 11.5. The average molecular weight is 438 g/mol. The van der Waals surface area contributed by atoms with Crippen molar-refractivity contribution < 1.29 is 9.53 Å². The van der Waals surface area contributed by atoms with Gasteiger partial charge in [-0.25, -0.2) is 0 Å². The van der Waals surface area contributed by atoms with Gasteiger partial charge in [0.15, 0.2) is 11.0 Å². The van der Waals surface area contributed by atoms with E-state index in [-0.39, 0.29) is 18.0 Å². The molecule has 162 valence electrons. The van der Waals surface area contributed by atoms with Gasteiger partial charge in [0.1, 0.15) is 5.75 Å². The molecule has 1 saturated heterocycles. The number of likely N-dealkylation sites (tertiary alicyclic amines) is 1. The van der Waals surface area contributed by atoms with Crippen molar-refractivity contribution in [1.29, 1.82) is 0 Å². The van der Waals surface area contributed by atoms with E-state index in [0.29, 0.717) is 22.5 Å². The van der Waals surface area contributed by atoms with Crippen LogP contribution in [0.1, 0.15) is 33.1 Å². The maximum atomic E-state index is 13.1. The van der Waals surface area contributed by atoms with Gasteiger partial charge in [-0.3, -0.25) is 14.3 Å². The van der Waals surface area contributed by atoms with Gasteiger partial charge in [0.05, 0.1) is 18.6 Å². The summed E-state index contributed by atoms with van der Waals surface area (Å²) in [5.74, 6) is 1.86. The molecule has 31 heavy (non-hydrogen) atoms. The lowest BCUT2D eigenvalue weighted by atomic mass is 9.98. The molecule has 0 spiro atoms. The number of hydrogen-bond acceptors (Lipinski definition) is 6. The molecular weight excluding hydrogens is 410 g/mol. The van der Waals surface area contributed by atoms with Crippen LogP contribution in [0.2, 0.25) is 0 Å². The van der Waals surface area contributed by atoms with Crippen LogP contribution >= 0.6 is 11.8 Å². The second kappa shape index (κ2) is 9.51. The molecule has 3 heterocycles. The van der Waals surface area contributed by atoms with E-state index in [1.165, 1.54) is 18.2 Å². The van der Waals surface area contributed by atoms with Crippen LogP contribution in [0.15, 0.2) is 53.9 Å². The van der Waals surface area contributed by atoms with Gasteiger partial charge in [0.2, 0.25) is 5.91 Å². The fraction of sp³-hybridized carbons (Fsp3) is 0.391. The molecule has 0 radical (unpaired) electrons. The predicted octanol–water partition coefficient (Wildman–Crippen LogP) is 4.22. The zero-order chi connectivity index (χ0) is 21.8. The largest absolute Gasteiger partial charge is 0.495 e. The van der Waals surface area contributed by atoms with Crippen LogP contribution in [0.5, 0.6) is 5.75 Å². The SMILES string of the molecule is COc1ccccc1-n1c(SCC(=O)N2[C@H](C)CCC[C@H]2C)nnc1-c1ccncc1. The number of methoxy groups -OCH3 is 1. The fourth-order valence-corrected chi connectivity index (χ4v) is 5.01. The molecule has 3 aromatic rings. The van der Waals surface area contributed by atoms with Gasteiger partial charge in [-0.05, 0) is 57.4 Å². The average Bonchev–Trinajstić information content (AvgIpc) is 3.22. The van der Waals surface area contributed by atoms with Gasteiger partial charge in [-0.2, -0.15) is 0 Å². The molecule has 8 heteroatoms. The Labute approximate surface area is 186 Å². The van der Waals surface area contributed by atoms with E-state index in [9.17, 15) is 4.79 Å². The Morgan fingerprint density at radius 2 is 1.81 bits per heavy atom. The Kier molecular flexibility index (Phi) is 6.56. The van der Waals surface area contributed by atoms with Gasteiger partial charge >= 0.3 is 0 Å². The molecular formula is C23H27N5O2S. The second-order valence-corrected chi connectivity index (χ2v) is 8.71. The van der Waals surface area contributed by atoms with Crippen molar-refractivity contribution in [3.05, 3.63) is 48.8 Å². The monoisotopic (exact) mass is 437 g/mol. The summed E-state index contributed by atoms with van der Waals surface area (Å²) in [5.41, 5.74) is 1.72. The van der Waals surface area contributed by atoms with E-state index in [0.717, 1.165) is 24.1 Å². The topological polar surface area (TPSA) is 73.1 Å². The highest BCUT2D eigenvalue weighted by atomic mass is 32.2. The Hall–Kier alpha value is -2.87. The predicted molar refractivity (Wildman–Crippen MR) is 121 cm³/mol. The molecule has 4 rings (SSSR count). The number of para-hydroxylation sites is 2. The van der Waals surface area contributed by atoms with Gasteiger partial charge in [-0.15, -0.1) is 10.2 Å². The molecule has 0 bridgehead atoms. The normalized spacial score (nSPS) is 18.7. The molecule has 2 atom stereocenters. The number of benzene rings is 1. The Morgan fingerprint density at radius 3 is 2.52 bits per heavy atom. The lowest BCUT2D eigenvalue weighted by Crippen LogP contribution is -2.48. The van der Waals surface area contributed by atoms with Crippen LogP contribution in [0.4, 0.5) is 0 Å². The minimum atomic E-state index is 0.143. The van der Waals surface area contributed by atoms with E-state index in [1.807, 2.05) is 45.9 Å². The molecule has 1 aliphatic rings. The number of carbonyl (C=O) groups excluding carboxylic acids is 1. The van der Waals surface area contributed by atoms with Crippen LogP contribution in [-0.4, -0.2) is 55.5 Å². The van der Waals surface area contributed by atoms with Crippen molar-refractivity contribution in [3.8, 4) is 22.8 Å². The highest BCUT2D eigenvalue weighted by molar-refractivity contribution is 7.99. The van der Waals surface area contributed by atoms with E-state index < -0.39 is 0 Å². The molecule has 0 saturated carbocycles. The van der Waals surface area contributed by atoms with Crippen LogP contribution in [0.3, 0.4) is 0 Å². The van der Waals surface area contributed by atoms with Crippen LogP contribution in [0, 0.1) is 0 Å². The molecule has 0 N–H and O–H groups in total. The molecule has 0 aliphatic carbocycles. The van der Waals surface area contributed by atoms with Gasteiger partial charge in [0.25, 0.3) is 0 Å². The minimum absolute atomic E-state index is 0.143. The first-order valence-electron chi connectivity index (χ1n) is 10.5. The van der Waals surface area contributed by atoms with E-state index in [1.54, 1.807) is 19.5 Å². The lowest BCUT2D eigenvalue weighted by Gasteiger charge is -2.39. The van der Waals surface area contributed by atoms with Gasteiger partial charge in [0, 0.05) is 30.0 Å². The number of carbonyl (C=O) groups is 1. The molecule has 1 aliphatic heterocycles. The van der Waals surface area contributed by atoms with E-state index in [2.05, 4.69) is 29.0 Å². The number of piperidine rings is 1. The lowest BCUT2D eigenvalue weighted by molar-refractivity contribution is -0.134. The number of ether oxygens (including phenoxy) is 1. The van der Waals surface area contributed by atoms with Crippen LogP contribution in [-0.2, 0) is 4.79 Å². The number of hydrogen-bond donors (Lipinski definition) is 0. The van der Waals surface area contributed by atoms with E-state index >= 15 is 0 Å². The van der Waals surface area contributed by atoms with Gasteiger partial charge < -0.3 is 9.64 Å². The number of thioether (sulfide) groups is 1. The second-order valence-electron chi connectivity index (χ2n) is 7.77. The van der Waals surface area contributed by atoms with Crippen molar-refractivity contribution in [2.24, 2.45) is 0 Å². The third-order valence-electron chi connectivity index (χ3n) is 5.70. The van der Waals surface area contributed by atoms with Crippen molar-refractivity contribution in [3.63, 3.8) is 0 Å². The zero-order valence-corrected chi connectivity index (χ0v) is 18.9. The minimum Gasteiger partial charge on any atom is -0.495 e. The van der Waals surface area contributed by atoms with Crippen molar-refractivity contribution in [2.75, 3.05) is 12.9 Å². The Balaban J connectivity index is 1.67. The molecule has 1 amide bonds. The van der Waals surface area contributed by atoms with Crippen molar-refractivity contribution >= 4 is 17.7 Å². The summed E-state index contributed by atoms with van der Waals surface area (Å²) in [7, 11) is 1.64. The fourth-order valence-electron chi connectivity index (χ4n) is 4.20.